The quantitative estimate of drug-likeness (QED) is 0.578. The molecular formula is C17H13Cl2N3O4. The number of aromatic hydroxyl groups is 1. The molecule has 0 unspecified atom stereocenters. The molecule has 7 nitrogen and oxygen atoms in total. The number of aliphatic carboxylic acids is 1. The molecule has 3 aromatic rings. The average Bonchev–Trinajstić information content (AvgIpc) is 2.93. The standard InChI is InChI=1S/C17H13Cl2N3O4/c18-10-8-22(7-9-4-2-1-3-5-9)14-12(10)15(25)13(21-16(14)19)17(26)20-6-11(23)24/h1-5,8,25H,6-7H2,(H,20,26)(H,23,24). The molecule has 0 bridgehead atoms. The first-order valence-electron chi connectivity index (χ1n) is 7.49. The molecule has 2 aromatic heterocycles. The maximum atomic E-state index is 12.1. The van der Waals surface area contributed by atoms with Crippen molar-refractivity contribution >= 4 is 46.0 Å². The lowest BCUT2D eigenvalue weighted by Crippen LogP contribution is -2.30. The summed E-state index contributed by atoms with van der Waals surface area (Å²) < 4.78 is 1.72. The van der Waals surface area contributed by atoms with Crippen LogP contribution in [0.2, 0.25) is 10.2 Å². The summed E-state index contributed by atoms with van der Waals surface area (Å²) in [5, 5.41) is 21.6. The van der Waals surface area contributed by atoms with Crippen LogP contribution in [0, 0.1) is 0 Å². The molecule has 1 amide bonds. The van der Waals surface area contributed by atoms with Crippen LogP contribution < -0.4 is 5.32 Å². The minimum atomic E-state index is -1.22. The number of pyridine rings is 1. The van der Waals surface area contributed by atoms with Crippen LogP contribution in [0.15, 0.2) is 36.5 Å². The van der Waals surface area contributed by atoms with Gasteiger partial charge in [0.15, 0.2) is 16.6 Å². The number of hydrogen-bond donors (Lipinski definition) is 3. The summed E-state index contributed by atoms with van der Waals surface area (Å²) in [5.74, 6) is -2.54. The van der Waals surface area contributed by atoms with Crippen molar-refractivity contribution in [3.8, 4) is 5.75 Å². The Balaban J connectivity index is 2.06. The zero-order valence-corrected chi connectivity index (χ0v) is 14.8. The lowest BCUT2D eigenvalue weighted by atomic mass is 10.2. The van der Waals surface area contributed by atoms with Gasteiger partial charge in [0, 0.05) is 12.7 Å². The Morgan fingerprint density at radius 2 is 1.88 bits per heavy atom. The zero-order chi connectivity index (χ0) is 18.8. The van der Waals surface area contributed by atoms with Gasteiger partial charge in [-0.25, -0.2) is 4.98 Å². The van der Waals surface area contributed by atoms with Gasteiger partial charge in [0.25, 0.3) is 5.91 Å². The second-order valence-electron chi connectivity index (χ2n) is 5.49. The van der Waals surface area contributed by atoms with Crippen molar-refractivity contribution in [2.24, 2.45) is 0 Å². The fourth-order valence-corrected chi connectivity index (χ4v) is 3.18. The smallest absolute Gasteiger partial charge is 0.322 e. The molecule has 0 atom stereocenters. The average molecular weight is 394 g/mol. The van der Waals surface area contributed by atoms with E-state index in [0.29, 0.717) is 12.1 Å². The van der Waals surface area contributed by atoms with E-state index in [1.165, 1.54) is 0 Å². The van der Waals surface area contributed by atoms with Crippen LogP contribution in [0.5, 0.6) is 5.75 Å². The third-order valence-corrected chi connectivity index (χ3v) is 4.26. The summed E-state index contributed by atoms with van der Waals surface area (Å²) in [6, 6.07) is 9.53. The van der Waals surface area contributed by atoms with E-state index in [1.54, 1.807) is 10.8 Å². The van der Waals surface area contributed by atoms with Crippen LogP contribution in [0.3, 0.4) is 0 Å². The van der Waals surface area contributed by atoms with Gasteiger partial charge in [-0.3, -0.25) is 9.59 Å². The Bertz CT molecular complexity index is 1000. The van der Waals surface area contributed by atoms with Gasteiger partial charge >= 0.3 is 5.97 Å². The maximum Gasteiger partial charge on any atom is 0.322 e. The third kappa shape index (κ3) is 3.44. The van der Waals surface area contributed by atoms with Gasteiger partial charge in [-0.2, -0.15) is 0 Å². The molecule has 0 saturated carbocycles. The van der Waals surface area contributed by atoms with Gasteiger partial charge in [0.2, 0.25) is 0 Å². The first kappa shape index (κ1) is 18.0. The molecular weight excluding hydrogens is 381 g/mol. The van der Waals surface area contributed by atoms with E-state index >= 15 is 0 Å². The number of nitrogens with one attached hydrogen (secondary N) is 1. The number of carbonyl (C=O) groups excluding carboxylic acids is 1. The SMILES string of the molecule is O=C(O)CNC(=O)c1nc(Cl)c2c(c(Cl)cn2Cc2ccccc2)c1O. The number of rotatable bonds is 5. The molecule has 3 rings (SSSR count). The monoisotopic (exact) mass is 393 g/mol. The van der Waals surface area contributed by atoms with Crippen LogP contribution in [-0.2, 0) is 11.3 Å². The molecule has 0 aliphatic rings. The molecule has 26 heavy (non-hydrogen) atoms. The van der Waals surface area contributed by atoms with Crippen molar-refractivity contribution in [3.63, 3.8) is 0 Å². The Morgan fingerprint density at radius 1 is 1.19 bits per heavy atom. The third-order valence-electron chi connectivity index (χ3n) is 3.71. The van der Waals surface area contributed by atoms with Crippen molar-refractivity contribution in [2.45, 2.75) is 6.54 Å². The van der Waals surface area contributed by atoms with E-state index in [4.69, 9.17) is 28.3 Å². The van der Waals surface area contributed by atoms with E-state index in [9.17, 15) is 14.7 Å². The van der Waals surface area contributed by atoms with Gasteiger partial charge in [0.05, 0.1) is 15.9 Å². The van der Waals surface area contributed by atoms with E-state index in [-0.39, 0.29) is 21.3 Å². The molecule has 0 aliphatic heterocycles. The second-order valence-corrected chi connectivity index (χ2v) is 6.26. The number of carboxylic acid groups (broad SMARTS) is 1. The number of nitrogens with zero attached hydrogens (tertiary/aromatic N) is 2. The summed E-state index contributed by atoms with van der Waals surface area (Å²) in [7, 11) is 0. The number of hydrogen-bond acceptors (Lipinski definition) is 4. The first-order chi connectivity index (χ1) is 12.4. The van der Waals surface area contributed by atoms with Gasteiger partial charge < -0.3 is 20.1 Å². The molecule has 1 aromatic carbocycles. The van der Waals surface area contributed by atoms with E-state index in [1.807, 2.05) is 30.3 Å². The van der Waals surface area contributed by atoms with E-state index in [2.05, 4.69) is 10.3 Å². The highest BCUT2D eigenvalue weighted by molar-refractivity contribution is 6.40. The number of fused-ring (bicyclic) bond motifs is 1. The lowest BCUT2D eigenvalue weighted by Gasteiger charge is -2.10. The Kier molecular flexibility index (Phi) is 5.01. The summed E-state index contributed by atoms with van der Waals surface area (Å²) in [4.78, 5) is 26.6. The Morgan fingerprint density at radius 3 is 2.54 bits per heavy atom. The molecule has 3 N–H and O–H groups in total. The van der Waals surface area contributed by atoms with Gasteiger partial charge in [-0.05, 0) is 5.56 Å². The Hall–Kier alpha value is -2.77. The fraction of sp³-hybridized carbons (Fsp3) is 0.118. The predicted molar refractivity (Wildman–Crippen MR) is 96.9 cm³/mol. The number of aromatic nitrogens is 2. The summed E-state index contributed by atoms with van der Waals surface area (Å²) >= 11 is 12.5. The van der Waals surface area contributed by atoms with E-state index < -0.39 is 24.2 Å². The first-order valence-corrected chi connectivity index (χ1v) is 8.24. The number of benzene rings is 1. The van der Waals surface area contributed by atoms with Crippen LogP contribution >= 0.6 is 23.2 Å². The maximum absolute atomic E-state index is 12.1. The van der Waals surface area contributed by atoms with Crippen molar-refractivity contribution < 1.29 is 19.8 Å². The highest BCUT2D eigenvalue weighted by Gasteiger charge is 2.23. The molecule has 2 heterocycles. The van der Waals surface area contributed by atoms with Gasteiger partial charge in [-0.1, -0.05) is 53.5 Å². The van der Waals surface area contributed by atoms with Crippen molar-refractivity contribution in [2.75, 3.05) is 6.54 Å². The van der Waals surface area contributed by atoms with E-state index in [0.717, 1.165) is 5.56 Å². The minimum Gasteiger partial charge on any atom is -0.505 e. The zero-order valence-electron chi connectivity index (χ0n) is 13.2. The van der Waals surface area contributed by atoms with Crippen LogP contribution in [-0.4, -0.2) is 38.2 Å². The molecule has 0 radical (unpaired) electrons. The molecule has 9 heteroatoms. The highest BCUT2D eigenvalue weighted by atomic mass is 35.5. The summed E-state index contributed by atoms with van der Waals surface area (Å²) in [5.41, 5.74) is 0.982. The number of amides is 1. The lowest BCUT2D eigenvalue weighted by molar-refractivity contribution is -0.135. The fourth-order valence-electron chi connectivity index (χ4n) is 2.59. The molecule has 0 aliphatic carbocycles. The molecule has 0 spiro atoms. The van der Waals surface area contributed by atoms with Crippen molar-refractivity contribution in [1.29, 1.82) is 0 Å². The second kappa shape index (κ2) is 7.23. The number of carbonyl (C=O) groups is 2. The highest BCUT2D eigenvalue weighted by Crippen LogP contribution is 2.38. The topological polar surface area (TPSA) is 104 Å². The van der Waals surface area contributed by atoms with Gasteiger partial charge in [0.1, 0.15) is 6.54 Å². The van der Waals surface area contributed by atoms with Crippen LogP contribution in [0.25, 0.3) is 10.9 Å². The summed E-state index contributed by atoms with van der Waals surface area (Å²) in [6.07, 6.45) is 1.59. The normalized spacial score (nSPS) is 10.8. The minimum absolute atomic E-state index is 0.0268. The summed E-state index contributed by atoms with van der Waals surface area (Å²) in [6.45, 7) is -0.173. The van der Waals surface area contributed by atoms with Gasteiger partial charge in [-0.15, -0.1) is 0 Å². The Labute approximate surface area is 157 Å². The largest absolute Gasteiger partial charge is 0.505 e. The van der Waals surface area contributed by atoms with Crippen molar-refractivity contribution in [1.82, 2.24) is 14.9 Å². The number of carboxylic acids is 1. The van der Waals surface area contributed by atoms with Crippen LogP contribution in [0.1, 0.15) is 16.1 Å². The molecule has 0 fully saturated rings. The van der Waals surface area contributed by atoms with Crippen molar-refractivity contribution in [3.05, 3.63) is 58.0 Å². The number of halogens is 2. The molecule has 134 valence electrons. The molecule has 0 saturated heterocycles. The van der Waals surface area contributed by atoms with Crippen LogP contribution in [0.4, 0.5) is 0 Å². The predicted octanol–water partition coefficient (Wildman–Crippen LogP) is 2.91.